The highest BCUT2D eigenvalue weighted by atomic mass is 32.2. The van der Waals surface area contributed by atoms with Crippen LogP contribution in [-0.2, 0) is 4.79 Å². The highest BCUT2D eigenvalue weighted by molar-refractivity contribution is 8.18. The van der Waals surface area contributed by atoms with E-state index in [2.05, 4.69) is 5.32 Å². The second kappa shape index (κ2) is 4.01. The fraction of sp³-hybridized carbons (Fsp3) is 0. The molecule has 1 aliphatic heterocycles. The third kappa shape index (κ3) is 1.87. The van der Waals surface area contributed by atoms with E-state index in [4.69, 9.17) is 0 Å². The van der Waals surface area contributed by atoms with Gasteiger partial charge < -0.3 is 0 Å². The summed E-state index contributed by atoms with van der Waals surface area (Å²) in [5, 5.41) is 5.05. The van der Waals surface area contributed by atoms with Gasteiger partial charge in [0.05, 0.1) is 4.91 Å². The number of imide groups is 1. The van der Waals surface area contributed by atoms with Crippen molar-refractivity contribution in [2.75, 3.05) is 0 Å². The number of hydrogen-bond acceptors (Lipinski definition) is 4. The summed E-state index contributed by atoms with van der Waals surface area (Å²) in [5.41, 5.74) is 0.984. The molecule has 0 saturated carbocycles. The van der Waals surface area contributed by atoms with E-state index in [-0.39, 0.29) is 11.1 Å². The first-order valence-corrected chi connectivity index (χ1v) is 6.65. The van der Waals surface area contributed by atoms with Gasteiger partial charge in [-0.2, -0.15) is 0 Å². The van der Waals surface area contributed by atoms with Crippen molar-refractivity contribution in [2.24, 2.45) is 0 Å². The molecule has 0 unspecified atom stereocenters. The van der Waals surface area contributed by atoms with Gasteiger partial charge in [-0.25, -0.2) is 0 Å². The summed E-state index contributed by atoms with van der Waals surface area (Å²) in [6.45, 7) is 0. The maximum Gasteiger partial charge on any atom is 0.290 e. The summed E-state index contributed by atoms with van der Waals surface area (Å²) < 4.78 is 1.18. The lowest BCUT2D eigenvalue weighted by Gasteiger charge is -1.92. The molecule has 3 rings (SSSR count). The molecule has 1 aliphatic rings. The standard InChI is InChI=1S/C12H7NO2S2/c14-11-10(17-12(15)13-11)5-7-6-16-9-4-2-1-3-8(7)9/h1-6H,(H,13,14,15)/b10-5-. The number of thioether (sulfide) groups is 1. The van der Waals surface area contributed by atoms with Crippen molar-refractivity contribution < 1.29 is 9.59 Å². The Hall–Kier alpha value is -1.59. The van der Waals surface area contributed by atoms with Crippen molar-refractivity contribution in [3.8, 4) is 0 Å². The topological polar surface area (TPSA) is 46.2 Å². The van der Waals surface area contributed by atoms with Gasteiger partial charge in [-0.1, -0.05) is 18.2 Å². The van der Waals surface area contributed by atoms with Crippen molar-refractivity contribution in [1.82, 2.24) is 5.32 Å². The number of nitrogens with one attached hydrogen (secondary N) is 1. The van der Waals surface area contributed by atoms with Crippen LogP contribution in [0.2, 0.25) is 0 Å². The second-order valence-electron chi connectivity index (χ2n) is 3.54. The van der Waals surface area contributed by atoms with Crippen LogP contribution in [0, 0.1) is 0 Å². The highest BCUT2D eigenvalue weighted by Gasteiger charge is 2.25. The van der Waals surface area contributed by atoms with E-state index in [9.17, 15) is 9.59 Å². The van der Waals surface area contributed by atoms with Crippen LogP contribution in [0.5, 0.6) is 0 Å². The lowest BCUT2D eigenvalue weighted by atomic mass is 10.1. The van der Waals surface area contributed by atoms with E-state index in [1.54, 1.807) is 17.4 Å². The van der Waals surface area contributed by atoms with Gasteiger partial charge in [-0.15, -0.1) is 11.3 Å². The predicted molar refractivity (Wildman–Crippen MR) is 70.9 cm³/mol. The van der Waals surface area contributed by atoms with Crippen molar-refractivity contribution >= 4 is 50.4 Å². The Morgan fingerprint density at radius 1 is 1.18 bits per heavy atom. The molecule has 0 atom stereocenters. The molecule has 0 aliphatic carbocycles. The SMILES string of the molecule is O=C1NC(=O)/C(=C/c2csc3ccccc23)S1. The number of thiophene rings is 1. The Morgan fingerprint density at radius 2 is 2.00 bits per heavy atom. The molecule has 2 heterocycles. The summed E-state index contributed by atoms with van der Waals surface area (Å²) in [7, 11) is 0. The first-order chi connectivity index (χ1) is 8.24. The molecule has 2 amide bonds. The third-order valence-corrected chi connectivity index (χ3v) is 4.23. The van der Waals surface area contributed by atoms with Gasteiger partial charge in [0.2, 0.25) is 0 Å². The van der Waals surface area contributed by atoms with Gasteiger partial charge in [-0.05, 0) is 40.2 Å². The fourth-order valence-electron chi connectivity index (χ4n) is 1.67. The highest BCUT2D eigenvalue weighted by Crippen LogP contribution is 2.31. The summed E-state index contributed by atoms with van der Waals surface area (Å²) >= 11 is 2.58. The molecule has 1 aromatic heterocycles. The average molecular weight is 261 g/mol. The molecule has 0 bridgehead atoms. The van der Waals surface area contributed by atoms with Gasteiger partial charge >= 0.3 is 0 Å². The Balaban J connectivity index is 2.08. The smallest absolute Gasteiger partial charge is 0.282 e. The minimum Gasteiger partial charge on any atom is -0.282 e. The molecular weight excluding hydrogens is 254 g/mol. The summed E-state index contributed by atoms with van der Waals surface area (Å²) in [4.78, 5) is 22.9. The van der Waals surface area contributed by atoms with Crippen LogP contribution in [-0.4, -0.2) is 11.1 Å². The van der Waals surface area contributed by atoms with E-state index in [1.165, 1.54) is 4.70 Å². The van der Waals surface area contributed by atoms with Crippen LogP contribution < -0.4 is 5.32 Å². The molecule has 84 valence electrons. The van der Waals surface area contributed by atoms with Crippen LogP contribution in [0.4, 0.5) is 4.79 Å². The van der Waals surface area contributed by atoms with Crippen LogP contribution in [0.3, 0.4) is 0 Å². The number of amides is 2. The fourth-order valence-corrected chi connectivity index (χ4v) is 3.26. The predicted octanol–water partition coefficient (Wildman–Crippen LogP) is 3.23. The zero-order valence-corrected chi connectivity index (χ0v) is 10.2. The molecule has 0 spiro atoms. The summed E-state index contributed by atoms with van der Waals surface area (Å²) in [6.07, 6.45) is 1.77. The molecule has 3 nitrogen and oxygen atoms in total. The lowest BCUT2D eigenvalue weighted by Crippen LogP contribution is -2.17. The van der Waals surface area contributed by atoms with Gasteiger partial charge in [0.1, 0.15) is 0 Å². The Morgan fingerprint density at radius 3 is 2.76 bits per heavy atom. The molecular formula is C12H7NO2S2. The first kappa shape index (κ1) is 10.6. The number of rotatable bonds is 1. The molecule has 0 radical (unpaired) electrons. The zero-order chi connectivity index (χ0) is 11.8. The maximum absolute atomic E-state index is 11.4. The van der Waals surface area contributed by atoms with E-state index < -0.39 is 0 Å². The average Bonchev–Trinajstić information content (AvgIpc) is 2.85. The molecule has 1 aromatic carbocycles. The third-order valence-electron chi connectivity index (χ3n) is 2.44. The van der Waals surface area contributed by atoms with Gasteiger partial charge in [-0.3, -0.25) is 14.9 Å². The minimum absolute atomic E-state index is 0.305. The number of benzene rings is 1. The number of hydrogen-bond donors (Lipinski definition) is 1. The number of fused-ring (bicyclic) bond motifs is 1. The van der Waals surface area contributed by atoms with E-state index in [1.807, 2.05) is 29.6 Å². The van der Waals surface area contributed by atoms with Gasteiger partial charge in [0.15, 0.2) is 0 Å². The molecule has 17 heavy (non-hydrogen) atoms. The van der Waals surface area contributed by atoms with Crippen LogP contribution >= 0.6 is 23.1 Å². The van der Waals surface area contributed by atoms with Gasteiger partial charge in [0.25, 0.3) is 11.1 Å². The van der Waals surface area contributed by atoms with Crippen molar-refractivity contribution in [1.29, 1.82) is 0 Å². The van der Waals surface area contributed by atoms with Crippen molar-refractivity contribution in [3.05, 3.63) is 40.1 Å². The minimum atomic E-state index is -0.310. The van der Waals surface area contributed by atoms with Crippen LogP contribution in [0.1, 0.15) is 5.56 Å². The van der Waals surface area contributed by atoms with E-state index in [0.717, 1.165) is 22.7 Å². The zero-order valence-electron chi connectivity index (χ0n) is 8.60. The molecule has 2 aromatic rings. The second-order valence-corrected chi connectivity index (χ2v) is 5.47. The van der Waals surface area contributed by atoms with Crippen LogP contribution in [0.15, 0.2) is 34.6 Å². The number of carbonyl (C=O) groups excluding carboxylic acids is 2. The van der Waals surface area contributed by atoms with Crippen molar-refractivity contribution in [3.63, 3.8) is 0 Å². The first-order valence-electron chi connectivity index (χ1n) is 4.95. The maximum atomic E-state index is 11.4. The Labute approximate surface area is 106 Å². The molecule has 1 N–H and O–H groups in total. The molecule has 5 heteroatoms. The van der Waals surface area contributed by atoms with Crippen molar-refractivity contribution in [2.45, 2.75) is 0 Å². The lowest BCUT2D eigenvalue weighted by molar-refractivity contribution is -0.115. The normalized spacial score (nSPS) is 18.0. The van der Waals surface area contributed by atoms with E-state index in [0.29, 0.717) is 4.91 Å². The summed E-state index contributed by atoms with van der Waals surface area (Å²) in [6, 6.07) is 7.99. The van der Waals surface area contributed by atoms with Crippen LogP contribution in [0.25, 0.3) is 16.2 Å². The van der Waals surface area contributed by atoms with E-state index >= 15 is 0 Å². The summed E-state index contributed by atoms with van der Waals surface area (Å²) in [5.74, 6) is -0.310. The Bertz CT molecular complexity index is 657. The Kier molecular flexibility index (Phi) is 2.49. The quantitative estimate of drug-likeness (QED) is 0.802. The molecule has 1 fully saturated rings. The molecule has 1 saturated heterocycles. The monoisotopic (exact) mass is 261 g/mol. The van der Waals surface area contributed by atoms with Gasteiger partial charge in [0, 0.05) is 4.70 Å². The largest absolute Gasteiger partial charge is 0.290 e. The number of carbonyl (C=O) groups is 2.